The van der Waals surface area contributed by atoms with E-state index in [9.17, 15) is 4.79 Å². The number of hydrogen-bond acceptors (Lipinski definition) is 4. The number of rotatable bonds is 2. The Morgan fingerprint density at radius 3 is 2.94 bits per heavy atom. The minimum Gasteiger partial charge on any atom is -0.462 e. The van der Waals surface area contributed by atoms with E-state index >= 15 is 0 Å². The van der Waals surface area contributed by atoms with Crippen molar-refractivity contribution >= 4 is 49.0 Å². The lowest BCUT2D eigenvalue weighted by atomic mass is 10.2. The molecule has 0 unspecified atom stereocenters. The van der Waals surface area contributed by atoms with E-state index in [-0.39, 0.29) is 5.97 Å². The van der Waals surface area contributed by atoms with Crippen LogP contribution < -0.4 is 5.73 Å². The molecule has 2 aromatic rings. The molecule has 1 aromatic carbocycles. The van der Waals surface area contributed by atoms with Crippen molar-refractivity contribution in [1.82, 2.24) is 0 Å². The zero-order valence-electron chi connectivity index (χ0n) is 8.62. The Hall–Kier alpha value is -1.07. The Morgan fingerprint density at radius 1 is 1.56 bits per heavy atom. The van der Waals surface area contributed by atoms with Crippen LogP contribution in [-0.4, -0.2) is 12.6 Å². The van der Waals surface area contributed by atoms with Crippen molar-refractivity contribution < 1.29 is 9.53 Å². The third kappa shape index (κ3) is 1.81. The second kappa shape index (κ2) is 4.43. The summed E-state index contributed by atoms with van der Waals surface area (Å²) in [7, 11) is 0. The molecule has 16 heavy (non-hydrogen) atoms. The van der Waals surface area contributed by atoms with Crippen LogP contribution in [0.5, 0.6) is 0 Å². The fourth-order valence-corrected chi connectivity index (χ4v) is 3.23. The lowest BCUT2D eigenvalue weighted by Gasteiger charge is -1.99. The van der Waals surface area contributed by atoms with Crippen LogP contribution in [-0.2, 0) is 4.74 Å². The molecule has 0 saturated heterocycles. The van der Waals surface area contributed by atoms with Gasteiger partial charge in [-0.05, 0) is 19.1 Å². The van der Waals surface area contributed by atoms with E-state index < -0.39 is 0 Å². The van der Waals surface area contributed by atoms with E-state index in [4.69, 9.17) is 10.5 Å². The maximum Gasteiger partial charge on any atom is 0.350 e. The molecule has 84 valence electrons. The summed E-state index contributed by atoms with van der Waals surface area (Å²) in [4.78, 5) is 12.1. The van der Waals surface area contributed by atoms with Crippen LogP contribution in [0.2, 0.25) is 0 Å². The SMILES string of the molecule is CCOC(=O)c1sc2cccc(Br)c2c1N. The highest BCUT2D eigenvalue weighted by molar-refractivity contribution is 9.10. The smallest absolute Gasteiger partial charge is 0.350 e. The number of esters is 1. The molecule has 5 heteroatoms. The molecule has 0 spiro atoms. The van der Waals surface area contributed by atoms with Gasteiger partial charge in [-0.1, -0.05) is 22.0 Å². The first-order chi connectivity index (χ1) is 7.65. The van der Waals surface area contributed by atoms with Gasteiger partial charge < -0.3 is 10.5 Å². The minimum atomic E-state index is -0.354. The van der Waals surface area contributed by atoms with Crippen molar-refractivity contribution in [2.75, 3.05) is 12.3 Å². The number of thiophene rings is 1. The van der Waals surface area contributed by atoms with E-state index in [1.807, 2.05) is 18.2 Å². The first-order valence-corrected chi connectivity index (χ1v) is 6.39. The highest BCUT2D eigenvalue weighted by atomic mass is 79.9. The highest BCUT2D eigenvalue weighted by Gasteiger charge is 2.18. The average molecular weight is 300 g/mol. The predicted octanol–water partition coefficient (Wildman–Crippen LogP) is 3.42. The first kappa shape index (κ1) is 11.4. The fourth-order valence-electron chi connectivity index (χ4n) is 1.48. The molecule has 0 aliphatic heterocycles. The predicted molar refractivity (Wildman–Crippen MR) is 69.9 cm³/mol. The molecule has 0 radical (unpaired) electrons. The molecule has 3 nitrogen and oxygen atoms in total. The van der Waals surface area contributed by atoms with Crippen molar-refractivity contribution in [3.05, 3.63) is 27.5 Å². The van der Waals surface area contributed by atoms with Crippen LogP contribution in [0.1, 0.15) is 16.6 Å². The second-order valence-corrected chi connectivity index (χ2v) is 5.08. The van der Waals surface area contributed by atoms with Gasteiger partial charge in [0, 0.05) is 14.6 Å². The Labute approximate surface area is 105 Å². The van der Waals surface area contributed by atoms with Crippen LogP contribution in [0.15, 0.2) is 22.7 Å². The van der Waals surface area contributed by atoms with Gasteiger partial charge in [0.15, 0.2) is 0 Å². The van der Waals surface area contributed by atoms with Crippen molar-refractivity contribution in [2.24, 2.45) is 0 Å². The van der Waals surface area contributed by atoms with Crippen LogP contribution in [0.3, 0.4) is 0 Å². The van der Waals surface area contributed by atoms with Gasteiger partial charge in [-0.2, -0.15) is 0 Å². The lowest BCUT2D eigenvalue weighted by molar-refractivity contribution is 0.0533. The molecule has 0 saturated carbocycles. The van der Waals surface area contributed by atoms with Crippen LogP contribution in [0, 0.1) is 0 Å². The molecule has 1 heterocycles. The fraction of sp³-hybridized carbons (Fsp3) is 0.182. The Balaban J connectivity index is 2.61. The number of ether oxygens (including phenoxy) is 1. The van der Waals surface area contributed by atoms with E-state index in [2.05, 4.69) is 15.9 Å². The van der Waals surface area contributed by atoms with Gasteiger partial charge in [-0.3, -0.25) is 0 Å². The van der Waals surface area contributed by atoms with Gasteiger partial charge in [0.1, 0.15) is 4.88 Å². The van der Waals surface area contributed by atoms with Gasteiger partial charge in [0.2, 0.25) is 0 Å². The third-order valence-corrected chi connectivity index (χ3v) is 3.97. The van der Waals surface area contributed by atoms with Crippen molar-refractivity contribution in [1.29, 1.82) is 0 Å². The summed E-state index contributed by atoms with van der Waals surface area (Å²) in [6.07, 6.45) is 0. The lowest BCUT2D eigenvalue weighted by Crippen LogP contribution is -2.04. The van der Waals surface area contributed by atoms with Crippen LogP contribution >= 0.6 is 27.3 Å². The Bertz CT molecular complexity index is 550. The summed E-state index contributed by atoms with van der Waals surface area (Å²) >= 11 is 4.78. The largest absolute Gasteiger partial charge is 0.462 e. The first-order valence-electron chi connectivity index (χ1n) is 4.78. The molecule has 0 fully saturated rings. The van der Waals surface area contributed by atoms with Crippen LogP contribution in [0.4, 0.5) is 5.69 Å². The number of benzene rings is 1. The Kier molecular flexibility index (Phi) is 3.16. The molecule has 2 N–H and O–H groups in total. The summed E-state index contributed by atoms with van der Waals surface area (Å²) in [6, 6.07) is 5.75. The molecule has 2 rings (SSSR count). The summed E-state index contributed by atoms with van der Waals surface area (Å²) in [5.74, 6) is -0.354. The van der Waals surface area contributed by atoms with Gasteiger partial charge in [-0.25, -0.2) is 4.79 Å². The third-order valence-electron chi connectivity index (χ3n) is 2.16. The van der Waals surface area contributed by atoms with Crippen molar-refractivity contribution in [3.63, 3.8) is 0 Å². The van der Waals surface area contributed by atoms with Crippen molar-refractivity contribution in [3.8, 4) is 0 Å². The number of halogens is 1. The van der Waals surface area contributed by atoms with E-state index in [1.54, 1.807) is 6.92 Å². The number of carbonyl (C=O) groups excluding carboxylic acids is 1. The molecular formula is C11H10BrNO2S. The number of hydrogen-bond donors (Lipinski definition) is 1. The van der Waals surface area contributed by atoms with E-state index in [0.717, 1.165) is 14.6 Å². The molecule has 0 atom stereocenters. The summed E-state index contributed by atoms with van der Waals surface area (Å²) in [6.45, 7) is 2.13. The quantitative estimate of drug-likeness (QED) is 0.865. The minimum absolute atomic E-state index is 0.354. The molecule has 0 aliphatic rings. The zero-order chi connectivity index (χ0) is 11.7. The number of fused-ring (bicyclic) bond motifs is 1. The number of nitrogen functional groups attached to an aromatic ring is 1. The summed E-state index contributed by atoms with van der Waals surface area (Å²) in [5.41, 5.74) is 6.44. The Morgan fingerprint density at radius 2 is 2.31 bits per heavy atom. The van der Waals surface area contributed by atoms with Gasteiger partial charge >= 0.3 is 5.97 Å². The number of nitrogens with two attached hydrogens (primary N) is 1. The highest BCUT2D eigenvalue weighted by Crippen LogP contribution is 2.38. The van der Waals surface area contributed by atoms with Crippen molar-refractivity contribution in [2.45, 2.75) is 6.92 Å². The number of anilines is 1. The summed E-state index contributed by atoms with van der Waals surface area (Å²) < 4.78 is 6.83. The number of carbonyl (C=O) groups is 1. The topological polar surface area (TPSA) is 52.3 Å². The zero-order valence-corrected chi connectivity index (χ0v) is 11.0. The molecule has 0 bridgehead atoms. The van der Waals surface area contributed by atoms with Gasteiger partial charge in [-0.15, -0.1) is 11.3 Å². The van der Waals surface area contributed by atoms with Gasteiger partial charge in [0.05, 0.1) is 12.3 Å². The maximum absolute atomic E-state index is 11.6. The van der Waals surface area contributed by atoms with E-state index in [0.29, 0.717) is 17.2 Å². The molecular weight excluding hydrogens is 290 g/mol. The van der Waals surface area contributed by atoms with E-state index in [1.165, 1.54) is 11.3 Å². The average Bonchev–Trinajstić information content (AvgIpc) is 2.58. The summed E-state index contributed by atoms with van der Waals surface area (Å²) in [5, 5.41) is 0.885. The van der Waals surface area contributed by atoms with Crippen LogP contribution in [0.25, 0.3) is 10.1 Å². The van der Waals surface area contributed by atoms with Gasteiger partial charge in [0.25, 0.3) is 0 Å². The second-order valence-electron chi connectivity index (χ2n) is 3.18. The molecule has 0 aliphatic carbocycles. The molecule has 1 aromatic heterocycles. The maximum atomic E-state index is 11.6. The molecule has 0 amide bonds. The normalized spacial score (nSPS) is 10.6. The monoisotopic (exact) mass is 299 g/mol. The standard InChI is InChI=1S/C11H10BrNO2S/c1-2-15-11(14)10-9(13)8-6(12)4-3-5-7(8)16-10/h3-5H,2,13H2,1H3.